The van der Waals surface area contributed by atoms with Crippen LogP contribution in [0.4, 0.5) is 17.3 Å². The van der Waals surface area contributed by atoms with Crippen molar-refractivity contribution in [3.63, 3.8) is 0 Å². The van der Waals surface area contributed by atoms with Crippen molar-refractivity contribution in [1.29, 1.82) is 0 Å². The number of amides is 1. The van der Waals surface area contributed by atoms with Crippen LogP contribution in [-0.4, -0.2) is 25.7 Å². The van der Waals surface area contributed by atoms with Crippen molar-refractivity contribution in [2.45, 2.75) is 12.3 Å². The third-order valence-corrected chi connectivity index (χ3v) is 6.46. The Morgan fingerprint density at radius 2 is 1.75 bits per heavy atom. The fourth-order valence-electron chi connectivity index (χ4n) is 4.81. The van der Waals surface area contributed by atoms with Crippen LogP contribution in [0.2, 0.25) is 0 Å². The zero-order valence-corrected chi connectivity index (χ0v) is 18.2. The zero-order chi connectivity index (χ0) is 22.2. The van der Waals surface area contributed by atoms with Gasteiger partial charge in [0.1, 0.15) is 17.1 Å². The second kappa shape index (κ2) is 6.30. The predicted octanol–water partition coefficient (Wildman–Crippen LogP) is 2.66. The Hall–Kier alpha value is -3.92. The molecule has 0 bridgehead atoms. The molecule has 2 aromatic carbocycles. The number of rotatable bonds is 1. The summed E-state index contributed by atoms with van der Waals surface area (Å²) in [5.41, 5.74) is 0.438. The molecule has 1 amide bonds. The molecule has 32 heavy (non-hydrogen) atoms. The number of anilines is 3. The monoisotopic (exact) mass is 490 g/mol. The lowest BCUT2D eigenvalue weighted by molar-refractivity contribution is -0.118. The summed E-state index contributed by atoms with van der Waals surface area (Å²) in [6.07, 6.45) is 0. The number of benzene rings is 2. The average Bonchev–Trinajstić information content (AvgIpc) is 3.22. The number of hydrogen-bond acceptors (Lipinski definition) is 5. The van der Waals surface area contributed by atoms with Crippen molar-refractivity contribution in [3.8, 4) is 5.69 Å². The molecular formula is C22H15BrN6O3. The van der Waals surface area contributed by atoms with Crippen molar-refractivity contribution < 1.29 is 4.79 Å². The summed E-state index contributed by atoms with van der Waals surface area (Å²) in [5, 5.41) is 10.8. The number of aromatic nitrogens is 4. The van der Waals surface area contributed by atoms with Crippen molar-refractivity contribution in [2.75, 3.05) is 10.6 Å². The zero-order valence-electron chi connectivity index (χ0n) is 16.6. The van der Waals surface area contributed by atoms with Crippen LogP contribution in [0.15, 0.2) is 62.6 Å². The second-order valence-corrected chi connectivity index (χ2v) is 8.65. The van der Waals surface area contributed by atoms with Crippen LogP contribution >= 0.6 is 15.9 Å². The molecule has 2 aliphatic rings. The van der Waals surface area contributed by atoms with Crippen molar-refractivity contribution in [3.05, 3.63) is 96.2 Å². The molecule has 2 aromatic heterocycles. The summed E-state index contributed by atoms with van der Waals surface area (Å²) in [5.74, 6) is 0.283. The summed E-state index contributed by atoms with van der Waals surface area (Å²) in [7, 11) is 0. The number of para-hydroxylation sites is 1. The van der Waals surface area contributed by atoms with Crippen LogP contribution in [-0.2, 0) is 10.2 Å². The van der Waals surface area contributed by atoms with E-state index in [1.807, 2.05) is 36.4 Å². The molecule has 10 heteroatoms. The lowest BCUT2D eigenvalue weighted by Gasteiger charge is -2.34. The van der Waals surface area contributed by atoms with E-state index in [9.17, 15) is 14.4 Å². The summed E-state index contributed by atoms with van der Waals surface area (Å²) in [6, 6.07) is 14.8. The summed E-state index contributed by atoms with van der Waals surface area (Å²) in [4.78, 5) is 43.9. The van der Waals surface area contributed by atoms with E-state index < -0.39 is 16.7 Å². The van der Waals surface area contributed by atoms with E-state index >= 15 is 0 Å². The maximum absolute atomic E-state index is 13.7. The Bertz CT molecular complexity index is 1570. The molecule has 1 spiro atoms. The molecule has 0 radical (unpaired) electrons. The van der Waals surface area contributed by atoms with Crippen molar-refractivity contribution >= 4 is 39.2 Å². The summed E-state index contributed by atoms with van der Waals surface area (Å²) < 4.78 is 2.47. The first-order chi connectivity index (χ1) is 15.4. The standard InChI is InChI=1S/C22H15BrN6O3/c1-10-15-18(29(28-10)12-5-3-2-4-6-12)25-17-16(19(30)27-21(32)26-17)22(15)13-8-7-11(23)9-14(13)24-20(22)31/h2-9H,1H3,(H,24,31)(H3,25,26,27,30,32). The number of fused-ring (bicyclic) bond motifs is 6. The highest BCUT2D eigenvalue weighted by Crippen LogP contribution is 2.54. The van der Waals surface area contributed by atoms with Crippen LogP contribution in [0, 0.1) is 6.92 Å². The van der Waals surface area contributed by atoms with Gasteiger partial charge in [-0.25, -0.2) is 9.48 Å². The van der Waals surface area contributed by atoms with E-state index in [4.69, 9.17) is 5.10 Å². The van der Waals surface area contributed by atoms with Gasteiger partial charge in [-0.05, 0) is 31.2 Å². The normalized spacial score (nSPS) is 18.0. The maximum Gasteiger partial charge on any atom is 0.327 e. The molecular weight excluding hydrogens is 476 g/mol. The third kappa shape index (κ3) is 2.27. The topological polar surface area (TPSA) is 125 Å². The third-order valence-electron chi connectivity index (χ3n) is 5.97. The minimum atomic E-state index is -1.49. The molecule has 0 aliphatic carbocycles. The molecule has 9 nitrogen and oxygen atoms in total. The number of carbonyl (C=O) groups excluding carboxylic acids is 1. The average molecular weight is 491 g/mol. The second-order valence-electron chi connectivity index (χ2n) is 7.73. The van der Waals surface area contributed by atoms with Gasteiger partial charge in [-0.3, -0.25) is 19.6 Å². The number of nitrogens with one attached hydrogen (secondary N) is 4. The molecule has 1 unspecified atom stereocenters. The minimum absolute atomic E-state index is 0.124. The van der Waals surface area contributed by atoms with Gasteiger partial charge in [0.25, 0.3) is 5.56 Å². The fourth-order valence-corrected chi connectivity index (χ4v) is 5.17. The van der Waals surface area contributed by atoms with Crippen molar-refractivity contribution in [2.24, 2.45) is 0 Å². The van der Waals surface area contributed by atoms with E-state index in [2.05, 4.69) is 36.5 Å². The Balaban J connectivity index is 1.79. The van der Waals surface area contributed by atoms with E-state index in [0.29, 0.717) is 28.3 Å². The first kappa shape index (κ1) is 18.8. The van der Waals surface area contributed by atoms with Crippen LogP contribution < -0.4 is 21.9 Å². The van der Waals surface area contributed by atoms with E-state index in [-0.39, 0.29) is 17.3 Å². The lowest BCUT2D eigenvalue weighted by Crippen LogP contribution is -2.46. The fraction of sp³-hybridized carbons (Fsp3) is 0.0909. The quantitative estimate of drug-likeness (QED) is 0.326. The molecule has 4 aromatic rings. The largest absolute Gasteiger partial charge is 0.327 e. The number of hydrogen-bond donors (Lipinski definition) is 4. The molecule has 0 saturated carbocycles. The smallest absolute Gasteiger partial charge is 0.326 e. The minimum Gasteiger partial charge on any atom is -0.326 e. The Kier molecular flexibility index (Phi) is 3.70. The number of carbonyl (C=O) groups is 1. The van der Waals surface area contributed by atoms with Gasteiger partial charge in [-0.1, -0.05) is 40.2 Å². The van der Waals surface area contributed by atoms with Gasteiger partial charge in [0.05, 0.1) is 16.9 Å². The number of halogens is 1. The summed E-state index contributed by atoms with van der Waals surface area (Å²) >= 11 is 3.44. The molecule has 1 atom stereocenters. The lowest BCUT2D eigenvalue weighted by atomic mass is 9.69. The first-order valence-corrected chi connectivity index (χ1v) is 10.6. The number of H-pyrrole nitrogens is 2. The van der Waals surface area contributed by atoms with Crippen LogP contribution in [0.25, 0.3) is 5.69 Å². The molecule has 2 aliphatic heterocycles. The highest BCUT2D eigenvalue weighted by Gasteiger charge is 2.58. The van der Waals surface area contributed by atoms with E-state index in [0.717, 1.165) is 10.2 Å². The van der Waals surface area contributed by atoms with E-state index in [1.54, 1.807) is 23.7 Å². The van der Waals surface area contributed by atoms with Gasteiger partial charge in [0, 0.05) is 21.3 Å². The predicted molar refractivity (Wildman–Crippen MR) is 122 cm³/mol. The van der Waals surface area contributed by atoms with Gasteiger partial charge in [0.2, 0.25) is 5.91 Å². The number of aryl methyl sites for hydroxylation is 1. The van der Waals surface area contributed by atoms with Gasteiger partial charge in [0.15, 0.2) is 0 Å². The van der Waals surface area contributed by atoms with Gasteiger partial charge in [-0.2, -0.15) is 5.10 Å². The molecule has 0 saturated heterocycles. The van der Waals surface area contributed by atoms with Gasteiger partial charge < -0.3 is 10.6 Å². The molecule has 6 rings (SSSR count). The number of aromatic amines is 2. The highest BCUT2D eigenvalue weighted by atomic mass is 79.9. The van der Waals surface area contributed by atoms with Gasteiger partial charge >= 0.3 is 5.69 Å². The van der Waals surface area contributed by atoms with Gasteiger partial charge in [-0.15, -0.1) is 0 Å². The molecule has 158 valence electrons. The SMILES string of the molecule is Cc1nn(-c2ccccc2)c2c1C1(C(=O)Nc3cc(Br)ccc31)c1c([nH]c(=O)[nH]c1=O)N2. The maximum atomic E-state index is 13.7. The van der Waals surface area contributed by atoms with Crippen LogP contribution in [0.1, 0.15) is 22.4 Å². The van der Waals surface area contributed by atoms with Crippen molar-refractivity contribution in [1.82, 2.24) is 19.7 Å². The molecule has 4 N–H and O–H groups in total. The molecule has 4 heterocycles. The summed E-state index contributed by atoms with van der Waals surface area (Å²) in [6.45, 7) is 1.80. The Morgan fingerprint density at radius 3 is 2.53 bits per heavy atom. The number of nitrogens with zero attached hydrogens (tertiary/aromatic N) is 2. The Morgan fingerprint density at radius 1 is 0.969 bits per heavy atom. The van der Waals surface area contributed by atoms with Crippen LogP contribution in [0.5, 0.6) is 0 Å². The molecule has 0 fully saturated rings. The Labute approximate surface area is 188 Å². The highest BCUT2D eigenvalue weighted by molar-refractivity contribution is 9.10. The van der Waals surface area contributed by atoms with E-state index in [1.165, 1.54) is 0 Å². The van der Waals surface area contributed by atoms with Crippen LogP contribution in [0.3, 0.4) is 0 Å². The first-order valence-electron chi connectivity index (χ1n) is 9.82.